The van der Waals surface area contributed by atoms with Gasteiger partial charge in [0.25, 0.3) is 5.91 Å². The Morgan fingerprint density at radius 2 is 1.82 bits per heavy atom. The average Bonchev–Trinajstić information content (AvgIpc) is 2.97. The molecule has 1 aromatic heterocycles. The Labute approximate surface area is 201 Å². The lowest BCUT2D eigenvalue weighted by Gasteiger charge is -2.38. The lowest BCUT2D eigenvalue weighted by Crippen LogP contribution is -2.53. The van der Waals surface area contributed by atoms with E-state index in [0.29, 0.717) is 25.2 Å². The van der Waals surface area contributed by atoms with Gasteiger partial charge in [-0.1, -0.05) is 11.6 Å². The van der Waals surface area contributed by atoms with Crippen LogP contribution in [0.1, 0.15) is 52.6 Å². The van der Waals surface area contributed by atoms with Crippen molar-refractivity contribution in [1.82, 2.24) is 15.2 Å². The van der Waals surface area contributed by atoms with Crippen LogP contribution in [0.2, 0.25) is 5.02 Å². The highest BCUT2D eigenvalue weighted by Crippen LogP contribution is 2.45. The number of hydrogen-bond acceptors (Lipinski definition) is 4. The first kappa shape index (κ1) is 23.2. The Hall–Kier alpha value is -2.58. The first-order chi connectivity index (χ1) is 16.2. The molecule has 0 unspecified atom stereocenters. The first-order valence-electron chi connectivity index (χ1n) is 11.5. The summed E-state index contributed by atoms with van der Waals surface area (Å²) in [6.45, 7) is 4.30. The summed E-state index contributed by atoms with van der Waals surface area (Å²) in [6, 6.07) is 3.96. The van der Waals surface area contributed by atoms with Gasteiger partial charge in [-0.05, 0) is 63.3 Å². The topological polar surface area (TPSA) is 71.5 Å². The fraction of sp³-hybridized carbons (Fsp3) is 0.480. The molecule has 3 aliphatic rings. The zero-order chi connectivity index (χ0) is 24.1. The molecule has 2 aliphatic heterocycles. The van der Waals surface area contributed by atoms with Crippen molar-refractivity contribution in [3.63, 3.8) is 0 Å². The van der Waals surface area contributed by atoms with Gasteiger partial charge in [0.15, 0.2) is 0 Å². The Bertz CT molecular complexity index is 1140. The predicted molar refractivity (Wildman–Crippen MR) is 121 cm³/mol. The number of fused-ring (bicyclic) bond motifs is 1. The second-order valence-corrected chi connectivity index (χ2v) is 9.99. The van der Waals surface area contributed by atoms with Crippen LogP contribution < -0.4 is 5.32 Å². The second kappa shape index (κ2) is 8.89. The molecule has 0 radical (unpaired) electrons. The molecule has 0 spiro atoms. The number of rotatable bonds is 5. The average molecular weight is 490 g/mol. The zero-order valence-electron chi connectivity index (χ0n) is 19.0. The number of likely N-dealkylation sites (tertiary alicyclic amines) is 1. The maximum absolute atomic E-state index is 14.8. The molecule has 2 saturated heterocycles. The number of aryl methyl sites for hydroxylation is 2. The number of hydrogen-bond donors (Lipinski definition) is 1. The number of nitrogens with zero attached hydrogens (tertiary/aromatic N) is 2. The van der Waals surface area contributed by atoms with E-state index in [1.807, 2.05) is 13.8 Å². The number of aromatic nitrogens is 1. The van der Waals surface area contributed by atoms with E-state index in [2.05, 4.69) is 10.3 Å². The molecule has 4 atom stereocenters. The second-order valence-electron chi connectivity index (χ2n) is 9.58. The van der Waals surface area contributed by atoms with E-state index < -0.39 is 23.7 Å². The molecule has 1 saturated carbocycles. The molecule has 0 bridgehead atoms. The fourth-order valence-electron chi connectivity index (χ4n) is 5.38. The molecule has 1 N–H and O–H groups in total. The van der Waals surface area contributed by atoms with Gasteiger partial charge in [-0.2, -0.15) is 0 Å². The highest BCUT2D eigenvalue weighted by molar-refractivity contribution is 6.30. The van der Waals surface area contributed by atoms with Crippen LogP contribution in [0.15, 0.2) is 24.3 Å². The Morgan fingerprint density at radius 3 is 2.41 bits per heavy atom. The van der Waals surface area contributed by atoms with Crippen molar-refractivity contribution >= 4 is 23.4 Å². The van der Waals surface area contributed by atoms with Crippen LogP contribution in [0.5, 0.6) is 0 Å². The minimum atomic E-state index is -0.784. The molecular weight excluding hydrogens is 464 g/mol. The monoisotopic (exact) mass is 489 g/mol. The largest absolute Gasteiger partial charge is 0.381 e. The number of benzene rings is 1. The molecule has 180 valence electrons. The van der Waals surface area contributed by atoms with Gasteiger partial charge in [0, 0.05) is 34.5 Å². The Balaban J connectivity index is 1.42. The summed E-state index contributed by atoms with van der Waals surface area (Å²) in [7, 11) is 0. The molecule has 1 aromatic carbocycles. The molecule has 34 heavy (non-hydrogen) atoms. The zero-order valence-corrected chi connectivity index (χ0v) is 19.7. The summed E-state index contributed by atoms with van der Waals surface area (Å²) >= 11 is 5.73. The number of ether oxygens (including phenoxy) is 1. The third-order valence-corrected chi connectivity index (χ3v) is 7.56. The van der Waals surface area contributed by atoms with Crippen molar-refractivity contribution < 1.29 is 23.1 Å². The normalized spacial score (nSPS) is 24.7. The third-order valence-electron chi connectivity index (χ3n) is 7.27. The van der Waals surface area contributed by atoms with Crippen LogP contribution in [0, 0.1) is 37.3 Å². The number of carbonyl (C=O) groups excluding carboxylic acids is 2. The summed E-state index contributed by atoms with van der Waals surface area (Å²) < 4.78 is 34.2. The van der Waals surface area contributed by atoms with Gasteiger partial charge >= 0.3 is 0 Å². The van der Waals surface area contributed by atoms with Crippen LogP contribution >= 0.6 is 11.6 Å². The highest BCUT2D eigenvalue weighted by atomic mass is 35.5. The van der Waals surface area contributed by atoms with E-state index in [1.54, 1.807) is 17.0 Å². The summed E-state index contributed by atoms with van der Waals surface area (Å²) in [5.41, 5.74) is 2.01. The molecule has 9 heteroatoms. The Kier molecular flexibility index (Phi) is 6.06. The molecule has 6 nitrogen and oxygen atoms in total. The minimum Gasteiger partial charge on any atom is -0.381 e. The standard InChI is InChI=1S/C25H26ClF2N3O3/c1-12-5-15(6-13(2)29-12)25(33)31-21-4-3-14(21)7-22(31)24(32)30-23(16-10-34-11-16)17-8-20(28)18(26)9-19(17)27/h5-6,8-9,14,16,21-23H,3-4,7,10-11H2,1-2H3,(H,30,32)/t14-,21-,22-,23-/m1/s1. The van der Waals surface area contributed by atoms with Crippen molar-refractivity contribution in [3.8, 4) is 0 Å². The van der Waals surface area contributed by atoms with Gasteiger partial charge in [-0.25, -0.2) is 8.78 Å². The first-order valence-corrected chi connectivity index (χ1v) is 11.9. The van der Waals surface area contributed by atoms with Crippen LogP contribution in [0.4, 0.5) is 8.78 Å². The maximum Gasteiger partial charge on any atom is 0.254 e. The minimum absolute atomic E-state index is 0.00669. The predicted octanol–water partition coefficient (Wildman–Crippen LogP) is 4.13. The molecule has 1 aliphatic carbocycles. The number of carbonyl (C=O) groups is 2. The molecule has 5 rings (SSSR count). The summed E-state index contributed by atoms with van der Waals surface area (Å²) in [5.74, 6) is -1.95. The lowest BCUT2D eigenvalue weighted by molar-refractivity contribution is -0.128. The van der Waals surface area contributed by atoms with Crippen LogP contribution in [0.3, 0.4) is 0 Å². The number of halogens is 3. The molecule has 2 amide bonds. The van der Waals surface area contributed by atoms with Gasteiger partial charge in [-0.15, -0.1) is 0 Å². The molecule has 3 fully saturated rings. The molecular formula is C25H26ClF2N3O3. The number of nitrogens with one attached hydrogen (secondary N) is 1. The quantitative estimate of drug-likeness (QED) is 0.641. The van der Waals surface area contributed by atoms with Gasteiger partial charge in [0.2, 0.25) is 5.91 Å². The van der Waals surface area contributed by atoms with Crippen molar-refractivity contribution in [2.75, 3.05) is 13.2 Å². The van der Waals surface area contributed by atoms with Crippen molar-refractivity contribution in [3.05, 3.63) is 63.4 Å². The summed E-state index contributed by atoms with van der Waals surface area (Å²) in [4.78, 5) is 33.1. The highest BCUT2D eigenvalue weighted by Gasteiger charge is 2.51. The van der Waals surface area contributed by atoms with Crippen LogP contribution in [-0.4, -0.2) is 47.0 Å². The van der Waals surface area contributed by atoms with E-state index in [-0.39, 0.29) is 40.3 Å². The molecule has 2 aromatic rings. The van der Waals surface area contributed by atoms with E-state index in [9.17, 15) is 18.4 Å². The third kappa shape index (κ3) is 4.07. The smallest absolute Gasteiger partial charge is 0.254 e. The number of pyridine rings is 1. The number of amides is 2. The van der Waals surface area contributed by atoms with Gasteiger partial charge in [0.1, 0.15) is 17.7 Å². The van der Waals surface area contributed by atoms with E-state index >= 15 is 0 Å². The van der Waals surface area contributed by atoms with E-state index in [0.717, 1.165) is 36.4 Å². The van der Waals surface area contributed by atoms with Gasteiger partial charge < -0.3 is 15.0 Å². The van der Waals surface area contributed by atoms with Gasteiger partial charge in [0.05, 0.1) is 24.3 Å². The lowest BCUT2D eigenvalue weighted by atomic mass is 9.80. The summed E-state index contributed by atoms with van der Waals surface area (Å²) in [6.07, 6.45) is 2.36. The fourth-order valence-corrected chi connectivity index (χ4v) is 5.53. The SMILES string of the molecule is Cc1cc(C(=O)N2[C@@H](C(=O)N[C@@H](c3cc(F)c(Cl)cc3F)C3COC3)C[C@H]3CC[C@H]32)cc(C)n1. The molecule has 3 heterocycles. The van der Waals surface area contributed by atoms with E-state index in [1.165, 1.54) is 0 Å². The van der Waals surface area contributed by atoms with Crippen molar-refractivity contribution in [1.29, 1.82) is 0 Å². The van der Waals surface area contributed by atoms with E-state index in [4.69, 9.17) is 16.3 Å². The summed E-state index contributed by atoms with van der Waals surface area (Å²) in [5, 5.41) is 2.60. The van der Waals surface area contributed by atoms with Crippen LogP contribution in [0.25, 0.3) is 0 Å². The van der Waals surface area contributed by atoms with Crippen LogP contribution in [-0.2, 0) is 9.53 Å². The van der Waals surface area contributed by atoms with Crippen molar-refractivity contribution in [2.45, 2.75) is 51.2 Å². The van der Waals surface area contributed by atoms with Crippen molar-refractivity contribution in [2.24, 2.45) is 11.8 Å². The van der Waals surface area contributed by atoms with Gasteiger partial charge in [-0.3, -0.25) is 14.6 Å². The maximum atomic E-state index is 14.8. The Morgan fingerprint density at radius 1 is 1.12 bits per heavy atom.